The molecule has 136 valence electrons. The van der Waals surface area contributed by atoms with Gasteiger partial charge in [-0.2, -0.15) is 0 Å². The topological polar surface area (TPSA) is 38.2 Å². The summed E-state index contributed by atoms with van der Waals surface area (Å²) in [6, 6.07) is 19.8. The second-order valence-electron chi connectivity index (χ2n) is 7.42. The van der Waals surface area contributed by atoms with Crippen molar-refractivity contribution in [1.29, 1.82) is 0 Å². The molecule has 1 fully saturated rings. The summed E-state index contributed by atoms with van der Waals surface area (Å²) >= 11 is 0. The summed E-state index contributed by atoms with van der Waals surface area (Å²) in [6.45, 7) is 1.46. The van der Waals surface area contributed by atoms with Gasteiger partial charge in [0.25, 0.3) is 0 Å². The first-order valence-corrected chi connectivity index (χ1v) is 9.68. The lowest BCUT2D eigenvalue weighted by atomic mass is 9.97. The van der Waals surface area contributed by atoms with Gasteiger partial charge >= 0.3 is 0 Å². The molecule has 5 rings (SSSR count). The van der Waals surface area contributed by atoms with Crippen LogP contribution in [0, 0.1) is 0 Å². The van der Waals surface area contributed by atoms with E-state index < -0.39 is 0 Å². The van der Waals surface area contributed by atoms with Crippen LogP contribution in [0.15, 0.2) is 67.0 Å². The molecule has 3 aromatic rings. The summed E-state index contributed by atoms with van der Waals surface area (Å²) < 4.78 is 5.96. The van der Waals surface area contributed by atoms with Gasteiger partial charge in [0, 0.05) is 43.1 Å². The average molecular weight is 357 g/mol. The highest BCUT2D eigenvalue weighted by molar-refractivity contribution is 5.32. The number of hydrogen-bond acceptors (Lipinski definition) is 4. The summed E-state index contributed by atoms with van der Waals surface area (Å²) in [5, 5.41) is 0. The number of nitrogens with zero attached hydrogens (tertiary/aromatic N) is 3. The molecule has 2 atom stereocenters. The summed E-state index contributed by atoms with van der Waals surface area (Å²) in [6.07, 6.45) is 7.29. The van der Waals surface area contributed by atoms with E-state index in [-0.39, 0.29) is 0 Å². The summed E-state index contributed by atoms with van der Waals surface area (Å²) in [5.41, 5.74) is 4.97. The van der Waals surface area contributed by atoms with Crippen LogP contribution in [0.2, 0.25) is 0 Å². The van der Waals surface area contributed by atoms with Crippen molar-refractivity contribution in [2.75, 3.05) is 0 Å². The maximum atomic E-state index is 5.96. The first kappa shape index (κ1) is 16.5. The SMILES string of the molecule is c1ccc(COc2cccc(CN3[C@H]4CC[C@H]3c3cccnc3C4)c2)nc1. The first-order chi connectivity index (χ1) is 13.4. The highest BCUT2D eigenvalue weighted by Crippen LogP contribution is 2.43. The number of aromatic nitrogens is 2. The molecule has 2 aliphatic rings. The Bertz CT molecular complexity index is 928. The maximum absolute atomic E-state index is 5.96. The van der Waals surface area contributed by atoms with Crippen LogP contribution < -0.4 is 4.74 Å². The molecule has 0 unspecified atom stereocenters. The molecule has 4 heteroatoms. The van der Waals surface area contributed by atoms with Gasteiger partial charge in [-0.25, -0.2) is 0 Å². The zero-order valence-electron chi connectivity index (χ0n) is 15.3. The fraction of sp³-hybridized carbons (Fsp3) is 0.304. The zero-order chi connectivity index (χ0) is 18.1. The van der Waals surface area contributed by atoms with E-state index in [1.54, 1.807) is 6.20 Å². The van der Waals surface area contributed by atoms with Crippen molar-refractivity contribution in [3.05, 3.63) is 89.5 Å². The third-order valence-electron chi connectivity index (χ3n) is 5.73. The summed E-state index contributed by atoms with van der Waals surface area (Å²) in [7, 11) is 0. The first-order valence-electron chi connectivity index (χ1n) is 9.68. The minimum atomic E-state index is 0.498. The summed E-state index contributed by atoms with van der Waals surface area (Å²) in [4.78, 5) is 11.6. The van der Waals surface area contributed by atoms with Crippen molar-refractivity contribution in [2.24, 2.45) is 0 Å². The van der Waals surface area contributed by atoms with Gasteiger partial charge in [-0.1, -0.05) is 24.3 Å². The molecule has 0 amide bonds. The van der Waals surface area contributed by atoms with E-state index in [1.807, 2.05) is 30.5 Å². The molecular formula is C23H23N3O. The van der Waals surface area contributed by atoms with Gasteiger partial charge in [0.2, 0.25) is 0 Å². The molecule has 2 aliphatic heterocycles. The van der Waals surface area contributed by atoms with Crippen LogP contribution in [0.5, 0.6) is 5.75 Å². The normalized spacial score (nSPS) is 21.0. The Hall–Kier alpha value is -2.72. The average Bonchev–Trinajstić information content (AvgIpc) is 2.99. The lowest BCUT2D eigenvalue weighted by Crippen LogP contribution is -2.37. The maximum Gasteiger partial charge on any atom is 0.130 e. The third-order valence-corrected chi connectivity index (χ3v) is 5.73. The van der Waals surface area contributed by atoms with Crippen LogP contribution in [-0.4, -0.2) is 20.9 Å². The van der Waals surface area contributed by atoms with Crippen LogP contribution in [0.4, 0.5) is 0 Å². The number of ether oxygens (including phenoxy) is 1. The van der Waals surface area contributed by atoms with Crippen molar-refractivity contribution in [2.45, 2.75) is 44.5 Å². The van der Waals surface area contributed by atoms with Crippen molar-refractivity contribution in [1.82, 2.24) is 14.9 Å². The zero-order valence-corrected chi connectivity index (χ0v) is 15.3. The van der Waals surface area contributed by atoms with Gasteiger partial charge in [-0.3, -0.25) is 14.9 Å². The van der Waals surface area contributed by atoms with Crippen LogP contribution in [0.3, 0.4) is 0 Å². The van der Waals surface area contributed by atoms with Crippen LogP contribution in [-0.2, 0) is 19.6 Å². The molecule has 0 spiro atoms. The Morgan fingerprint density at radius 2 is 1.93 bits per heavy atom. The summed E-state index contributed by atoms with van der Waals surface area (Å²) in [5.74, 6) is 0.907. The van der Waals surface area contributed by atoms with Gasteiger partial charge in [0.05, 0.1) is 5.69 Å². The minimum absolute atomic E-state index is 0.498. The Morgan fingerprint density at radius 3 is 2.85 bits per heavy atom. The molecule has 4 heterocycles. The molecular weight excluding hydrogens is 334 g/mol. The molecule has 4 nitrogen and oxygen atoms in total. The van der Waals surface area contributed by atoms with Gasteiger partial charge in [0.15, 0.2) is 0 Å². The predicted molar refractivity (Wildman–Crippen MR) is 104 cm³/mol. The standard InChI is InChI=1S/C23H23N3O/c1-2-11-24-18(6-1)16-27-20-7-3-5-17(13-20)15-26-19-9-10-23(26)21-8-4-12-25-22(21)14-19/h1-8,11-13,19,23H,9-10,14-16H2/t19-,23-/m0/s1. The molecule has 2 aromatic heterocycles. The van der Waals surface area contributed by atoms with E-state index in [0.29, 0.717) is 18.7 Å². The van der Waals surface area contributed by atoms with E-state index in [4.69, 9.17) is 4.74 Å². The molecule has 0 aliphatic carbocycles. The molecule has 0 saturated carbocycles. The molecule has 1 aromatic carbocycles. The van der Waals surface area contributed by atoms with Gasteiger partial charge < -0.3 is 4.74 Å². The quantitative estimate of drug-likeness (QED) is 0.682. The van der Waals surface area contributed by atoms with Crippen LogP contribution in [0.1, 0.15) is 41.4 Å². The van der Waals surface area contributed by atoms with Gasteiger partial charge in [0.1, 0.15) is 12.4 Å². The predicted octanol–water partition coefficient (Wildman–Crippen LogP) is 4.32. The Labute approximate surface area is 159 Å². The van der Waals surface area contributed by atoms with Gasteiger partial charge in [-0.15, -0.1) is 0 Å². The van der Waals surface area contributed by atoms with E-state index in [9.17, 15) is 0 Å². The minimum Gasteiger partial charge on any atom is -0.487 e. The number of hydrogen-bond donors (Lipinski definition) is 0. The van der Waals surface area contributed by atoms with Crippen molar-refractivity contribution < 1.29 is 4.74 Å². The number of rotatable bonds is 5. The van der Waals surface area contributed by atoms with E-state index in [2.05, 4.69) is 45.2 Å². The lowest BCUT2D eigenvalue weighted by Gasteiger charge is -2.35. The Kier molecular flexibility index (Phi) is 4.34. The smallest absolute Gasteiger partial charge is 0.130 e. The lowest BCUT2D eigenvalue weighted by molar-refractivity contribution is 0.166. The Balaban J connectivity index is 1.30. The van der Waals surface area contributed by atoms with Crippen molar-refractivity contribution in [3.63, 3.8) is 0 Å². The highest BCUT2D eigenvalue weighted by atomic mass is 16.5. The number of fused-ring (bicyclic) bond motifs is 4. The third kappa shape index (κ3) is 3.33. The molecule has 1 saturated heterocycles. The van der Waals surface area contributed by atoms with E-state index >= 15 is 0 Å². The number of pyridine rings is 2. The molecule has 27 heavy (non-hydrogen) atoms. The second kappa shape index (κ2) is 7.12. The van der Waals surface area contributed by atoms with Crippen molar-refractivity contribution >= 4 is 0 Å². The number of benzene rings is 1. The molecule has 0 N–H and O–H groups in total. The monoisotopic (exact) mass is 357 g/mol. The largest absolute Gasteiger partial charge is 0.487 e. The second-order valence-corrected chi connectivity index (χ2v) is 7.42. The van der Waals surface area contributed by atoms with E-state index in [0.717, 1.165) is 24.4 Å². The fourth-order valence-electron chi connectivity index (χ4n) is 4.46. The molecule has 0 radical (unpaired) electrons. The molecule has 2 bridgehead atoms. The van der Waals surface area contributed by atoms with Crippen molar-refractivity contribution in [3.8, 4) is 5.75 Å². The van der Waals surface area contributed by atoms with E-state index in [1.165, 1.54) is 29.7 Å². The van der Waals surface area contributed by atoms with Crippen LogP contribution >= 0.6 is 0 Å². The fourth-order valence-corrected chi connectivity index (χ4v) is 4.46. The Morgan fingerprint density at radius 1 is 0.963 bits per heavy atom. The van der Waals surface area contributed by atoms with Crippen LogP contribution in [0.25, 0.3) is 0 Å². The van der Waals surface area contributed by atoms with Gasteiger partial charge in [-0.05, 0) is 54.3 Å². The highest BCUT2D eigenvalue weighted by Gasteiger charge is 2.40.